The number of para-hydroxylation sites is 1. The molecule has 1 amide bonds. The highest BCUT2D eigenvalue weighted by molar-refractivity contribution is 5.94. The molecular formula is C17H14FN3O2. The van der Waals surface area contributed by atoms with Crippen molar-refractivity contribution in [3.63, 3.8) is 0 Å². The Morgan fingerprint density at radius 1 is 1.13 bits per heavy atom. The highest BCUT2D eigenvalue weighted by atomic mass is 19.1. The molecule has 116 valence electrons. The lowest BCUT2D eigenvalue weighted by molar-refractivity contribution is 0.0943. The predicted octanol–water partition coefficient (Wildman–Crippen LogP) is 2.65. The van der Waals surface area contributed by atoms with Crippen molar-refractivity contribution in [3.8, 4) is 11.4 Å². The van der Waals surface area contributed by atoms with Gasteiger partial charge in [0.2, 0.25) is 0 Å². The van der Waals surface area contributed by atoms with Crippen molar-refractivity contribution in [2.75, 3.05) is 0 Å². The van der Waals surface area contributed by atoms with Gasteiger partial charge in [-0.2, -0.15) is 5.10 Å². The van der Waals surface area contributed by atoms with Crippen molar-refractivity contribution in [3.05, 3.63) is 77.9 Å². The molecule has 1 heterocycles. The Hall–Kier alpha value is -3.15. The molecule has 3 aromatic rings. The molecule has 2 aromatic carbocycles. The number of aromatic nitrogens is 2. The minimum Gasteiger partial charge on any atom is -0.504 e. The second-order valence-electron chi connectivity index (χ2n) is 4.95. The molecule has 0 fully saturated rings. The van der Waals surface area contributed by atoms with Crippen LogP contribution in [0.4, 0.5) is 4.39 Å². The van der Waals surface area contributed by atoms with Gasteiger partial charge in [0.25, 0.3) is 5.91 Å². The van der Waals surface area contributed by atoms with E-state index in [1.807, 2.05) is 30.3 Å². The van der Waals surface area contributed by atoms with Gasteiger partial charge in [0, 0.05) is 6.54 Å². The molecule has 0 spiro atoms. The van der Waals surface area contributed by atoms with E-state index in [0.717, 1.165) is 11.3 Å². The molecule has 0 saturated carbocycles. The van der Waals surface area contributed by atoms with E-state index in [4.69, 9.17) is 0 Å². The van der Waals surface area contributed by atoms with Gasteiger partial charge in [-0.3, -0.25) is 4.79 Å². The molecule has 5 nitrogen and oxygen atoms in total. The normalized spacial score (nSPS) is 10.5. The minimum absolute atomic E-state index is 0.0593. The number of hydrogen-bond acceptors (Lipinski definition) is 3. The highest BCUT2D eigenvalue weighted by Crippen LogP contribution is 2.18. The second-order valence-corrected chi connectivity index (χ2v) is 4.95. The summed E-state index contributed by atoms with van der Waals surface area (Å²) in [5.74, 6) is -1.04. The average molecular weight is 311 g/mol. The molecule has 0 aliphatic carbocycles. The maximum absolute atomic E-state index is 12.8. The third-order valence-electron chi connectivity index (χ3n) is 3.30. The largest absolute Gasteiger partial charge is 0.504 e. The summed E-state index contributed by atoms with van der Waals surface area (Å²) in [7, 11) is 0. The summed E-state index contributed by atoms with van der Waals surface area (Å²) in [6, 6.07) is 15.0. The molecule has 0 saturated heterocycles. The quantitative estimate of drug-likeness (QED) is 0.778. The summed E-state index contributed by atoms with van der Waals surface area (Å²) in [4.78, 5) is 12.1. The number of nitrogens with one attached hydrogen (secondary N) is 1. The van der Waals surface area contributed by atoms with Crippen LogP contribution in [-0.2, 0) is 6.54 Å². The van der Waals surface area contributed by atoms with Crippen molar-refractivity contribution in [1.29, 1.82) is 0 Å². The number of rotatable bonds is 4. The summed E-state index contributed by atoms with van der Waals surface area (Å²) in [5, 5.41) is 16.6. The maximum Gasteiger partial charge on any atom is 0.275 e. The van der Waals surface area contributed by atoms with Crippen LogP contribution in [0.3, 0.4) is 0 Å². The van der Waals surface area contributed by atoms with Gasteiger partial charge >= 0.3 is 0 Å². The molecule has 23 heavy (non-hydrogen) atoms. The Bertz CT molecular complexity index is 814. The fraction of sp³-hybridized carbons (Fsp3) is 0.0588. The minimum atomic E-state index is -0.499. The first-order valence-corrected chi connectivity index (χ1v) is 7.00. The third-order valence-corrected chi connectivity index (χ3v) is 3.30. The Balaban J connectivity index is 1.72. The van der Waals surface area contributed by atoms with E-state index >= 15 is 0 Å². The van der Waals surface area contributed by atoms with Gasteiger partial charge in [-0.05, 0) is 29.8 Å². The number of hydrogen-bond donors (Lipinski definition) is 2. The van der Waals surface area contributed by atoms with Crippen LogP contribution in [0, 0.1) is 5.82 Å². The molecule has 6 heteroatoms. The highest BCUT2D eigenvalue weighted by Gasteiger charge is 2.16. The van der Waals surface area contributed by atoms with Gasteiger partial charge in [0.1, 0.15) is 5.82 Å². The van der Waals surface area contributed by atoms with Gasteiger partial charge in [0.05, 0.1) is 11.9 Å². The Kier molecular flexibility index (Phi) is 4.05. The lowest BCUT2D eigenvalue weighted by atomic mass is 10.2. The van der Waals surface area contributed by atoms with Crippen molar-refractivity contribution in [1.82, 2.24) is 15.1 Å². The summed E-state index contributed by atoms with van der Waals surface area (Å²) in [6.07, 6.45) is 1.38. The van der Waals surface area contributed by atoms with E-state index in [9.17, 15) is 14.3 Å². The van der Waals surface area contributed by atoms with Gasteiger partial charge in [-0.25, -0.2) is 9.07 Å². The Morgan fingerprint density at radius 2 is 1.83 bits per heavy atom. The zero-order valence-corrected chi connectivity index (χ0v) is 12.1. The van der Waals surface area contributed by atoms with Gasteiger partial charge in [-0.1, -0.05) is 30.3 Å². The van der Waals surface area contributed by atoms with E-state index in [2.05, 4.69) is 10.4 Å². The fourth-order valence-electron chi connectivity index (χ4n) is 2.11. The molecule has 0 aliphatic rings. The van der Waals surface area contributed by atoms with Crippen LogP contribution in [0.5, 0.6) is 5.75 Å². The zero-order valence-electron chi connectivity index (χ0n) is 12.1. The van der Waals surface area contributed by atoms with E-state index in [1.165, 1.54) is 23.0 Å². The summed E-state index contributed by atoms with van der Waals surface area (Å²) in [5.41, 5.74) is 1.43. The molecule has 0 unspecified atom stereocenters. The fourth-order valence-corrected chi connectivity index (χ4v) is 2.11. The van der Waals surface area contributed by atoms with E-state index in [1.54, 1.807) is 12.1 Å². The monoisotopic (exact) mass is 311 g/mol. The predicted molar refractivity (Wildman–Crippen MR) is 82.8 cm³/mol. The summed E-state index contributed by atoms with van der Waals surface area (Å²) >= 11 is 0. The third kappa shape index (κ3) is 3.37. The molecule has 1 aromatic heterocycles. The molecule has 3 rings (SSSR count). The number of carbonyl (C=O) groups is 1. The number of amides is 1. The van der Waals surface area contributed by atoms with E-state index in [0.29, 0.717) is 0 Å². The van der Waals surface area contributed by atoms with E-state index < -0.39 is 5.91 Å². The van der Waals surface area contributed by atoms with Crippen LogP contribution in [0.15, 0.2) is 60.8 Å². The lowest BCUT2D eigenvalue weighted by Crippen LogP contribution is -2.23. The van der Waals surface area contributed by atoms with Crippen LogP contribution < -0.4 is 5.32 Å². The Labute approximate surface area is 132 Å². The number of nitrogens with zero attached hydrogens (tertiary/aromatic N) is 2. The number of benzene rings is 2. The van der Waals surface area contributed by atoms with Gasteiger partial charge in [0.15, 0.2) is 11.4 Å². The summed E-state index contributed by atoms with van der Waals surface area (Å²) < 4.78 is 14.3. The van der Waals surface area contributed by atoms with Crippen LogP contribution in [0.1, 0.15) is 16.1 Å². The molecule has 0 atom stereocenters. The lowest BCUT2D eigenvalue weighted by Gasteiger charge is -2.04. The van der Waals surface area contributed by atoms with Crippen LogP contribution in [0.25, 0.3) is 5.69 Å². The van der Waals surface area contributed by atoms with Crippen molar-refractivity contribution in [2.45, 2.75) is 6.54 Å². The molecule has 2 N–H and O–H groups in total. The maximum atomic E-state index is 12.8. The first kappa shape index (κ1) is 14.8. The number of halogens is 1. The average Bonchev–Trinajstić information content (AvgIpc) is 2.97. The van der Waals surface area contributed by atoms with Gasteiger partial charge < -0.3 is 10.4 Å². The van der Waals surface area contributed by atoms with Crippen LogP contribution >= 0.6 is 0 Å². The SMILES string of the molecule is O=C(NCc1ccc(F)cc1)c1nn(-c2ccccc2)cc1O. The smallest absolute Gasteiger partial charge is 0.275 e. The first-order chi connectivity index (χ1) is 11.1. The standard InChI is InChI=1S/C17H14FN3O2/c18-13-8-6-12(7-9-13)10-19-17(23)16-15(22)11-21(20-16)14-4-2-1-3-5-14/h1-9,11,22H,10H2,(H,19,23). The second kappa shape index (κ2) is 6.31. The van der Waals surface area contributed by atoms with Gasteiger partial charge in [-0.15, -0.1) is 0 Å². The molecule has 0 aliphatic heterocycles. The topological polar surface area (TPSA) is 67.2 Å². The number of aromatic hydroxyl groups is 1. The van der Waals surface area contributed by atoms with Crippen LogP contribution in [-0.4, -0.2) is 20.8 Å². The molecule has 0 bridgehead atoms. The van der Waals surface area contributed by atoms with Crippen molar-refractivity contribution >= 4 is 5.91 Å². The molecular weight excluding hydrogens is 297 g/mol. The first-order valence-electron chi connectivity index (χ1n) is 7.00. The van der Waals surface area contributed by atoms with Crippen molar-refractivity contribution in [2.24, 2.45) is 0 Å². The molecule has 0 radical (unpaired) electrons. The van der Waals surface area contributed by atoms with Crippen molar-refractivity contribution < 1.29 is 14.3 Å². The zero-order chi connectivity index (χ0) is 16.2. The number of carbonyl (C=O) groups excluding carboxylic acids is 1. The Morgan fingerprint density at radius 3 is 2.52 bits per heavy atom. The summed E-state index contributed by atoms with van der Waals surface area (Å²) in [6.45, 7) is 0.219. The van der Waals surface area contributed by atoms with Crippen LogP contribution in [0.2, 0.25) is 0 Å². The van der Waals surface area contributed by atoms with E-state index in [-0.39, 0.29) is 23.8 Å².